The van der Waals surface area contributed by atoms with Gasteiger partial charge in [0.1, 0.15) is 17.0 Å². The highest BCUT2D eigenvalue weighted by atomic mass is 32.1. The number of aryl methyl sites for hydroxylation is 1. The Morgan fingerprint density at radius 2 is 2.27 bits per heavy atom. The van der Waals surface area contributed by atoms with Crippen molar-refractivity contribution in [2.45, 2.75) is 32.2 Å². The lowest BCUT2D eigenvalue weighted by molar-refractivity contribution is 0.445. The molecular weight excluding hydrogens is 206 g/mol. The van der Waals surface area contributed by atoms with Crippen molar-refractivity contribution in [2.24, 2.45) is 0 Å². The van der Waals surface area contributed by atoms with Gasteiger partial charge in [0.05, 0.1) is 5.39 Å². The van der Waals surface area contributed by atoms with Gasteiger partial charge in [-0.25, -0.2) is 9.97 Å². The molecule has 1 fully saturated rings. The van der Waals surface area contributed by atoms with Crippen LogP contribution >= 0.6 is 11.3 Å². The van der Waals surface area contributed by atoms with E-state index in [1.54, 1.807) is 17.7 Å². The number of thiophene rings is 1. The predicted octanol–water partition coefficient (Wildman–Crippen LogP) is 2.96. The van der Waals surface area contributed by atoms with Gasteiger partial charge in [-0.15, -0.1) is 11.3 Å². The molecule has 1 aliphatic rings. The summed E-state index contributed by atoms with van der Waals surface area (Å²) in [6, 6.07) is 0.627. The van der Waals surface area contributed by atoms with Gasteiger partial charge in [0.25, 0.3) is 0 Å². The second-order valence-corrected chi connectivity index (χ2v) is 4.95. The number of nitrogens with zero attached hydrogens (tertiary/aromatic N) is 2. The van der Waals surface area contributed by atoms with E-state index >= 15 is 0 Å². The van der Waals surface area contributed by atoms with Crippen LogP contribution in [0.2, 0.25) is 0 Å². The lowest BCUT2D eigenvalue weighted by Crippen LogP contribution is -2.27. The molecule has 1 aliphatic carbocycles. The van der Waals surface area contributed by atoms with Crippen molar-refractivity contribution < 1.29 is 0 Å². The van der Waals surface area contributed by atoms with Crippen molar-refractivity contribution in [2.75, 3.05) is 5.32 Å². The Labute approximate surface area is 92.6 Å². The van der Waals surface area contributed by atoms with Gasteiger partial charge >= 0.3 is 0 Å². The lowest BCUT2D eigenvalue weighted by atomic mass is 9.93. The SMILES string of the molecule is Cc1csc2ncnc(NC3CCC3)c12. The summed E-state index contributed by atoms with van der Waals surface area (Å²) >= 11 is 1.69. The molecule has 0 bridgehead atoms. The summed E-state index contributed by atoms with van der Waals surface area (Å²) < 4.78 is 0. The zero-order chi connectivity index (χ0) is 10.3. The first kappa shape index (κ1) is 9.09. The van der Waals surface area contributed by atoms with Gasteiger partial charge < -0.3 is 5.32 Å². The molecule has 0 atom stereocenters. The molecule has 15 heavy (non-hydrogen) atoms. The molecular formula is C11H13N3S. The Hall–Kier alpha value is -1.16. The maximum Gasteiger partial charge on any atom is 0.138 e. The van der Waals surface area contributed by atoms with Crippen LogP contribution in [0.1, 0.15) is 24.8 Å². The molecule has 3 nitrogen and oxygen atoms in total. The Balaban J connectivity index is 2.04. The lowest BCUT2D eigenvalue weighted by Gasteiger charge is -2.27. The molecule has 0 saturated heterocycles. The van der Waals surface area contributed by atoms with Crippen molar-refractivity contribution in [1.29, 1.82) is 0 Å². The minimum absolute atomic E-state index is 0.627. The molecule has 3 rings (SSSR count). The third-order valence-electron chi connectivity index (χ3n) is 3.00. The van der Waals surface area contributed by atoms with E-state index in [4.69, 9.17) is 0 Å². The van der Waals surface area contributed by atoms with Gasteiger partial charge in [-0.1, -0.05) is 0 Å². The molecule has 0 spiro atoms. The number of aromatic nitrogens is 2. The number of anilines is 1. The van der Waals surface area contributed by atoms with Gasteiger partial charge in [-0.3, -0.25) is 0 Å². The van der Waals surface area contributed by atoms with Crippen LogP contribution in [0, 0.1) is 6.92 Å². The van der Waals surface area contributed by atoms with Crippen molar-refractivity contribution >= 4 is 27.4 Å². The van der Waals surface area contributed by atoms with E-state index in [9.17, 15) is 0 Å². The van der Waals surface area contributed by atoms with E-state index in [0.717, 1.165) is 10.6 Å². The molecule has 1 N–H and O–H groups in total. The van der Waals surface area contributed by atoms with Gasteiger partial charge in [-0.2, -0.15) is 0 Å². The number of nitrogens with one attached hydrogen (secondary N) is 1. The Kier molecular flexibility index (Phi) is 2.09. The molecule has 2 aromatic rings. The molecule has 78 valence electrons. The van der Waals surface area contributed by atoms with Crippen LogP contribution in [0.25, 0.3) is 10.2 Å². The quantitative estimate of drug-likeness (QED) is 0.843. The van der Waals surface area contributed by atoms with E-state index in [2.05, 4.69) is 27.6 Å². The summed E-state index contributed by atoms with van der Waals surface area (Å²) in [6.07, 6.45) is 5.54. The first-order valence-electron chi connectivity index (χ1n) is 5.30. The van der Waals surface area contributed by atoms with Crippen molar-refractivity contribution in [3.8, 4) is 0 Å². The zero-order valence-corrected chi connectivity index (χ0v) is 9.47. The summed E-state index contributed by atoms with van der Waals surface area (Å²) in [5.41, 5.74) is 1.28. The molecule has 4 heteroatoms. The van der Waals surface area contributed by atoms with Gasteiger partial charge in [-0.05, 0) is 37.1 Å². The van der Waals surface area contributed by atoms with Crippen LogP contribution in [0.4, 0.5) is 5.82 Å². The molecule has 0 unspecified atom stereocenters. The molecule has 0 radical (unpaired) electrons. The second-order valence-electron chi connectivity index (χ2n) is 4.09. The van der Waals surface area contributed by atoms with E-state index in [0.29, 0.717) is 6.04 Å². The van der Waals surface area contributed by atoms with Crippen molar-refractivity contribution in [3.05, 3.63) is 17.3 Å². The largest absolute Gasteiger partial charge is 0.367 e. The first-order chi connectivity index (χ1) is 7.34. The van der Waals surface area contributed by atoms with Crippen LogP contribution in [0.15, 0.2) is 11.7 Å². The first-order valence-corrected chi connectivity index (χ1v) is 6.18. The summed E-state index contributed by atoms with van der Waals surface area (Å²) in [4.78, 5) is 9.71. The summed E-state index contributed by atoms with van der Waals surface area (Å²) in [7, 11) is 0. The van der Waals surface area contributed by atoms with Gasteiger partial charge in [0, 0.05) is 6.04 Å². The molecule has 0 amide bonds. The van der Waals surface area contributed by atoms with Crippen LogP contribution in [0.3, 0.4) is 0 Å². The van der Waals surface area contributed by atoms with Crippen LogP contribution in [-0.2, 0) is 0 Å². The third kappa shape index (κ3) is 1.49. The average molecular weight is 219 g/mol. The topological polar surface area (TPSA) is 37.8 Å². The Morgan fingerprint density at radius 1 is 1.40 bits per heavy atom. The molecule has 1 saturated carbocycles. The highest BCUT2D eigenvalue weighted by molar-refractivity contribution is 7.17. The standard InChI is InChI=1S/C11H13N3S/c1-7-5-15-11-9(7)10(12-6-13-11)14-8-3-2-4-8/h5-6,8H,2-4H2,1H3,(H,12,13,14). The van der Waals surface area contributed by atoms with Crippen molar-refractivity contribution in [1.82, 2.24) is 9.97 Å². The summed E-state index contributed by atoms with van der Waals surface area (Å²) in [6.45, 7) is 2.12. The maximum absolute atomic E-state index is 4.35. The summed E-state index contributed by atoms with van der Waals surface area (Å²) in [5, 5.41) is 6.85. The van der Waals surface area contributed by atoms with Crippen LogP contribution < -0.4 is 5.32 Å². The summed E-state index contributed by atoms with van der Waals surface area (Å²) in [5.74, 6) is 1.02. The molecule has 2 aromatic heterocycles. The van der Waals surface area contributed by atoms with E-state index < -0.39 is 0 Å². The fraction of sp³-hybridized carbons (Fsp3) is 0.455. The number of fused-ring (bicyclic) bond motifs is 1. The number of hydrogen-bond donors (Lipinski definition) is 1. The molecule has 0 aromatic carbocycles. The van der Waals surface area contributed by atoms with Crippen molar-refractivity contribution in [3.63, 3.8) is 0 Å². The minimum atomic E-state index is 0.627. The highest BCUT2D eigenvalue weighted by Gasteiger charge is 2.19. The van der Waals surface area contributed by atoms with E-state index in [1.165, 1.54) is 30.2 Å². The number of rotatable bonds is 2. The Bertz CT molecular complexity index is 488. The second kappa shape index (κ2) is 3.45. The van der Waals surface area contributed by atoms with Crippen LogP contribution in [-0.4, -0.2) is 16.0 Å². The third-order valence-corrected chi connectivity index (χ3v) is 4.00. The van der Waals surface area contributed by atoms with Gasteiger partial charge in [0.2, 0.25) is 0 Å². The molecule has 2 heterocycles. The zero-order valence-electron chi connectivity index (χ0n) is 8.66. The molecule has 0 aliphatic heterocycles. The fourth-order valence-electron chi connectivity index (χ4n) is 1.87. The monoisotopic (exact) mass is 219 g/mol. The highest BCUT2D eigenvalue weighted by Crippen LogP contribution is 2.31. The van der Waals surface area contributed by atoms with E-state index in [-0.39, 0.29) is 0 Å². The van der Waals surface area contributed by atoms with E-state index in [1.807, 2.05) is 0 Å². The smallest absolute Gasteiger partial charge is 0.138 e. The maximum atomic E-state index is 4.35. The predicted molar refractivity (Wildman–Crippen MR) is 63.4 cm³/mol. The average Bonchev–Trinajstić information content (AvgIpc) is 2.55. The van der Waals surface area contributed by atoms with Gasteiger partial charge in [0.15, 0.2) is 0 Å². The van der Waals surface area contributed by atoms with Crippen LogP contribution in [0.5, 0.6) is 0 Å². The minimum Gasteiger partial charge on any atom is -0.367 e. The Morgan fingerprint density at radius 3 is 3.00 bits per heavy atom. The normalized spacial score (nSPS) is 16.6. The fourth-order valence-corrected chi connectivity index (χ4v) is 2.76. The number of hydrogen-bond acceptors (Lipinski definition) is 4.